The topological polar surface area (TPSA) is 0 Å². The molecule has 0 aliphatic heterocycles. The van der Waals surface area contributed by atoms with Crippen molar-refractivity contribution >= 4 is 10.9 Å². The lowest BCUT2D eigenvalue weighted by Gasteiger charge is -2.06. The Morgan fingerprint density at radius 1 is 1.24 bits per heavy atom. The molecule has 0 heterocycles. The van der Waals surface area contributed by atoms with Crippen LogP contribution in [-0.2, 0) is 10.9 Å². The maximum Gasteiger partial charge on any atom is 0.160 e. The van der Waals surface area contributed by atoms with Gasteiger partial charge in [-0.25, -0.2) is 0 Å². The third-order valence-corrected chi connectivity index (χ3v) is 5.03. The third-order valence-electron chi connectivity index (χ3n) is 2.71. The van der Waals surface area contributed by atoms with Gasteiger partial charge in [0.1, 0.15) is 5.75 Å². The van der Waals surface area contributed by atoms with E-state index in [9.17, 15) is 0 Å². The van der Waals surface area contributed by atoms with E-state index in [0.29, 0.717) is 0 Å². The van der Waals surface area contributed by atoms with Gasteiger partial charge in [-0.3, -0.25) is 0 Å². The van der Waals surface area contributed by atoms with Gasteiger partial charge in [-0.05, 0) is 44.6 Å². The minimum Gasteiger partial charge on any atom is -0.0941 e. The second-order valence-corrected chi connectivity index (χ2v) is 6.39. The van der Waals surface area contributed by atoms with Crippen molar-refractivity contribution in [2.45, 2.75) is 38.5 Å². The van der Waals surface area contributed by atoms with Crippen LogP contribution in [0.15, 0.2) is 52.8 Å². The van der Waals surface area contributed by atoms with Crippen molar-refractivity contribution in [3.8, 4) is 0 Å². The second-order valence-electron chi connectivity index (χ2n) is 4.09. The lowest BCUT2D eigenvalue weighted by Crippen LogP contribution is -2.07. The minimum absolute atomic E-state index is 0.201. The predicted molar refractivity (Wildman–Crippen MR) is 80.5 cm³/mol. The van der Waals surface area contributed by atoms with E-state index in [4.69, 9.17) is 0 Å². The van der Waals surface area contributed by atoms with Crippen LogP contribution >= 0.6 is 0 Å². The molecule has 0 aliphatic rings. The van der Waals surface area contributed by atoms with Gasteiger partial charge in [-0.2, -0.15) is 0 Å². The standard InChI is InChI=1S/C16H23S/c1-5-8-9-15(6-2)17(7-3)16-12-10-14(4)11-13-16/h6,9-13H,2,5,7-8H2,1,3-4H3/q+1/b15-9+. The van der Waals surface area contributed by atoms with Gasteiger partial charge >= 0.3 is 0 Å². The molecule has 0 bridgehead atoms. The van der Waals surface area contributed by atoms with Gasteiger partial charge in [0, 0.05) is 0 Å². The first kappa shape index (κ1) is 14.1. The zero-order valence-electron chi connectivity index (χ0n) is 11.2. The number of hydrogen-bond acceptors (Lipinski definition) is 0. The normalized spacial score (nSPS) is 13.5. The van der Waals surface area contributed by atoms with Crippen LogP contribution in [0.25, 0.3) is 0 Å². The molecule has 92 valence electrons. The Bertz CT molecular complexity index is 373. The summed E-state index contributed by atoms with van der Waals surface area (Å²) in [6, 6.07) is 8.91. The molecule has 0 nitrogen and oxygen atoms in total. The smallest absolute Gasteiger partial charge is 0.0941 e. The van der Waals surface area contributed by atoms with E-state index < -0.39 is 0 Å². The maximum absolute atomic E-state index is 3.96. The van der Waals surface area contributed by atoms with Gasteiger partial charge in [0.2, 0.25) is 0 Å². The van der Waals surface area contributed by atoms with Crippen molar-refractivity contribution in [3.05, 3.63) is 53.5 Å². The molecule has 1 aromatic rings. The van der Waals surface area contributed by atoms with E-state index >= 15 is 0 Å². The van der Waals surface area contributed by atoms with Gasteiger partial charge < -0.3 is 0 Å². The van der Waals surface area contributed by atoms with Gasteiger partial charge in [0.25, 0.3) is 0 Å². The molecule has 0 spiro atoms. The Kier molecular flexibility index (Phi) is 6.13. The first-order chi connectivity index (χ1) is 8.22. The molecule has 0 fully saturated rings. The number of rotatable bonds is 6. The quantitative estimate of drug-likeness (QED) is 0.497. The minimum atomic E-state index is 0.201. The molecule has 1 heteroatoms. The van der Waals surface area contributed by atoms with Crippen LogP contribution in [-0.4, -0.2) is 5.75 Å². The predicted octanol–water partition coefficient (Wildman–Crippen LogP) is 4.86. The van der Waals surface area contributed by atoms with E-state index in [2.05, 4.69) is 57.7 Å². The summed E-state index contributed by atoms with van der Waals surface area (Å²) >= 11 is 0. The monoisotopic (exact) mass is 247 g/mol. The summed E-state index contributed by atoms with van der Waals surface area (Å²) in [7, 11) is 0.201. The van der Waals surface area contributed by atoms with E-state index in [0.717, 1.165) is 12.2 Å². The average molecular weight is 247 g/mol. The molecule has 17 heavy (non-hydrogen) atoms. The third kappa shape index (κ3) is 4.08. The molecule has 1 aromatic carbocycles. The molecule has 0 aromatic heterocycles. The van der Waals surface area contributed by atoms with Crippen LogP contribution in [0.2, 0.25) is 0 Å². The van der Waals surface area contributed by atoms with Crippen LogP contribution in [0.1, 0.15) is 32.3 Å². The number of allylic oxidation sites excluding steroid dienone is 2. The van der Waals surface area contributed by atoms with Crippen LogP contribution in [0, 0.1) is 6.92 Å². The Balaban J connectivity index is 2.96. The fourth-order valence-electron chi connectivity index (χ4n) is 1.74. The Labute approximate surface area is 109 Å². The molecule has 0 saturated carbocycles. The summed E-state index contributed by atoms with van der Waals surface area (Å²) < 4.78 is 0. The molecule has 0 saturated heterocycles. The average Bonchev–Trinajstić information content (AvgIpc) is 2.36. The van der Waals surface area contributed by atoms with Gasteiger partial charge in [0.15, 0.2) is 9.80 Å². The highest BCUT2D eigenvalue weighted by Crippen LogP contribution is 2.24. The highest BCUT2D eigenvalue weighted by atomic mass is 32.2. The molecule has 1 rings (SSSR count). The highest BCUT2D eigenvalue weighted by molar-refractivity contribution is 8.00. The SMILES string of the molecule is C=C/C(=C\CCC)[S+](CC)c1ccc(C)cc1. The number of aryl methyl sites for hydroxylation is 1. The summed E-state index contributed by atoms with van der Waals surface area (Å²) in [5.74, 6) is 1.16. The van der Waals surface area contributed by atoms with Crippen molar-refractivity contribution in [2.24, 2.45) is 0 Å². The van der Waals surface area contributed by atoms with E-state index in [-0.39, 0.29) is 10.9 Å². The Morgan fingerprint density at radius 2 is 1.88 bits per heavy atom. The molecule has 1 atom stereocenters. The van der Waals surface area contributed by atoms with Gasteiger partial charge in [-0.1, -0.05) is 37.6 Å². The van der Waals surface area contributed by atoms with E-state index in [1.165, 1.54) is 21.8 Å². The summed E-state index contributed by atoms with van der Waals surface area (Å²) in [6.45, 7) is 10.6. The molecular weight excluding hydrogens is 224 g/mol. The molecule has 0 aliphatic carbocycles. The molecular formula is C16H23S+. The van der Waals surface area contributed by atoms with Crippen LogP contribution in [0.3, 0.4) is 0 Å². The summed E-state index contributed by atoms with van der Waals surface area (Å²) in [6.07, 6.45) is 6.73. The van der Waals surface area contributed by atoms with Crippen molar-refractivity contribution in [3.63, 3.8) is 0 Å². The Hall–Kier alpha value is -0.950. The number of unbranched alkanes of at least 4 members (excludes halogenated alkanes) is 1. The van der Waals surface area contributed by atoms with Crippen molar-refractivity contribution < 1.29 is 0 Å². The van der Waals surface area contributed by atoms with Crippen LogP contribution in [0.5, 0.6) is 0 Å². The fraction of sp³-hybridized carbons (Fsp3) is 0.375. The zero-order valence-corrected chi connectivity index (χ0v) is 12.0. The second kappa shape index (κ2) is 7.39. The number of hydrogen-bond donors (Lipinski definition) is 0. The van der Waals surface area contributed by atoms with Crippen LogP contribution < -0.4 is 0 Å². The summed E-state index contributed by atoms with van der Waals surface area (Å²) in [5.41, 5.74) is 1.33. The Morgan fingerprint density at radius 3 is 2.35 bits per heavy atom. The van der Waals surface area contributed by atoms with Crippen molar-refractivity contribution in [1.29, 1.82) is 0 Å². The van der Waals surface area contributed by atoms with Crippen LogP contribution in [0.4, 0.5) is 0 Å². The lowest BCUT2D eigenvalue weighted by molar-refractivity contribution is 0.957. The highest BCUT2D eigenvalue weighted by Gasteiger charge is 2.23. The van der Waals surface area contributed by atoms with Crippen molar-refractivity contribution in [2.75, 3.05) is 5.75 Å². The first-order valence-electron chi connectivity index (χ1n) is 6.33. The fourth-order valence-corrected chi connectivity index (χ4v) is 3.67. The molecule has 0 radical (unpaired) electrons. The summed E-state index contributed by atoms with van der Waals surface area (Å²) in [4.78, 5) is 2.83. The van der Waals surface area contributed by atoms with E-state index in [1.807, 2.05) is 6.08 Å². The van der Waals surface area contributed by atoms with Crippen molar-refractivity contribution in [1.82, 2.24) is 0 Å². The molecule has 0 N–H and O–H groups in total. The van der Waals surface area contributed by atoms with E-state index in [1.54, 1.807) is 0 Å². The first-order valence-corrected chi connectivity index (χ1v) is 7.72. The number of benzene rings is 1. The molecule has 0 amide bonds. The van der Waals surface area contributed by atoms with Gasteiger partial charge in [0.05, 0.1) is 10.9 Å². The largest absolute Gasteiger partial charge is 0.160 e. The zero-order chi connectivity index (χ0) is 12.7. The molecule has 1 unspecified atom stereocenters. The maximum atomic E-state index is 3.96. The summed E-state index contributed by atoms with van der Waals surface area (Å²) in [5, 5.41) is 0. The van der Waals surface area contributed by atoms with Gasteiger partial charge in [-0.15, -0.1) is 0 Å². The lowest BCUT2D eigenvalue weighted by atomic mass is 10.2.